The van der Waals surface area contributed by atoms with E-state index >= 15 is 0 Å². The van der Waals surface area contributed by atoms with Crippen molar-refractivity contribution in [1.82, 2.24) is 14.8 Å². The molecule has 0 aromatic carbocycles. The molecular weight excluding hydrogens is 282 g/mol. The Labute approximate surface area is 129 Å². The third-order valence-electron chi connectivity index (χ3n) is 3.90. The number of thiophene rings is 1. The van der Waals surface area contributed by atoms with E-state index in [4.69, 9.17) is 0 Å². The number of pyridine rings is 1. The van der Waals surface area contributed by atoms with E-state index in [0.29, 0.717) is 0 Å². The van der Waals surface area contributed by atoms with Crippen LogP contribution in [0.2, 0.25) is 0 Å². The summed E-state index contributed by atoms with van der Waals surface area (Å²) in [6.45, 7) is 5.83. The van der Waals surface area contributed by atoms with Gasteiger partial charge in [-0.15, -0.1) is 11.3 Å². The number of aromatic nitrogens is 1. The number of hydrogen-bond donors (Lipinski definition) is 1. The van der Waals surface area contributed by atoms with Crippen LogP contribution in [-0.2, 0) is 6.54 Å². The van der Waals surface area contributed by atoms with Crippen LogP contribution in [0, 0.1) is 0 Å². The third kappa shape index (κ3) is 4.11. The van der Waals surface area contributed by atoms with Crippen molar-refractivity contribution in [3.63, 3.8) is 0 Å². The Morgan fingerprint density at radius 2 is 1.95 bits per heavy atom. The highest BCUT2D eigenvalue weighted by atomic mass is 32.1. The van der Waals surface area contributed by atoms with Crippen LogP contribution >= 0.6 is 11.3 Å². The fraction of sp³-hybridized carbons (Fsp3) is 0.438. The van der Waals surface area contributed by atoms with Crippen molar-refractivity contribution in [3.8, 4) is 0 Å². The van der Waals surface area contributed by atoms with Crippen molar-refractivity contribution in [2.24, 2.45) is 0 Å². The largest absolute Gasteiger partial charge is 0.386 e. The van der Waals surface area contributed by atoms with E-state index < -0.39 is 0 Å². The van der Waals surface area contributed by atoms with Gasteiger partial charge in [0.05, 0.1) is 0 Å². The molecule has 0 unspecified atom stereocenters. The SMILES string of the molecule is O[C@@H](CN1CCN(Cc2cccnc2)CC1)c1cccs1. The Morgan fingerprint density at radius 3 is 2.62 bits per heavy atom. The molecule has 1 aliphatic heterocycles. The highest BCUT2D eigenvalue weighted by molar-refractivity contribution is 7.10. The molecule has 2 aromatic heterocycles. The number of β-amino-alcohol motifs (C(OH)–C–C–N with tert-alkyl or cyclic N) is 1. The number of piperazine rings is 1. The predicted octanol–water partition coefficient (Wildman–Crippen LogP) is 1.99. The van der Waals surface area contributed by atoms with Crippen LogP contribution in [0.4, 0.5) is 0 Å². The summed E-state index contributed by atoms with van der Waals surface area (Å²) in [5, 5.41) is 12.2. The molecule has 1 N–H and O–H groups in total. The Bertz CT molecular complexity index is 524. The summed E-state index contributed by atoms with van der Waals surface area (Å²) in [5.74, 6) is 0. The average molecular weight is 303 g/mol. The molecule has 0 bridgehead atoms. The van der Waals surface area contributed by atoms with Gasteiger partial charge in [-0.1, -0.05) is 12.1 Å². The van der Waals surface area contributed by atoms with Gasteiger partial charge in [0.1, 0.15) is 6.10 Å². The standard InChI is InChI=1S/C16H21N3OS/c20-15(16-4-2-10-21-16)13-19-8-6-18(7-9-19)12-14-3-1-5-17-11-14/h1-5,10-11,15,20H,6-9,12-13H2/t15-/m0/s1. The predicted molar refractivity (Wildman–Crippen MR) is 85.2 cm³/mol. The lowest BCUT2D eigenvalue weighted by molar-refractivity contribution is 0.0716. The molecule has 112 valence electrons. The second kappa shape index (κ2) is 7.13. The van der Waals surface area contributed by atoms with Gasteiger partial charge in [-0.05, 0) is 23.1 Å². The second-order valence-electron chi connectivity index (χ2n) is 5.47. The van der Waals surface area contributed by atoms with Crippen LogP contribution < -0.4 is 0 Å². The van der Waals surface area contributed by atoms with E-state index in [1.54, 1.807) is 11.3 Å². The Balaban J connectivity index is 1.45. The molecule has 3 heterocycles. The molecule has 0 radical (unpaired) electrons. The number of rotatable bonds is 5. The van der Waals surface area contributed by atoms with E-state index in [9.17, 15) is 5.11 Å². The highest BCUT2D eigenvalue weighted by Crippen LogP contribution is 2.20. The minimum atomic E-state index is -0.352. The molecular formula is C16H21N3OS. The van der Waals surface area contributed by atoms with E-state index in [1.807, 2.05) is 36.0 Å². The van der Waals surface area contributed by atoms with Crippen LogP contribution in [0.25, 0.3) is 0 Å². The first-order chi connectivity index (χ1) is 10.3. The first kappa shape index (κ1) is 14.7. The van der Waals surface area contributed by atoms with Crippen molar-refractivity contribution >= 4 is 11.3 Å². The van der Waals surface area contributed by atoms with Gasteiger partial charge in [0, 0.05) is 56.5 Å². The van der Waals surface area contributed by atoms with Crippen molar-refractivity contribution < 1.29 is 5.11 Å². The van der Waals surface area contributed by atoms with Gasteiger partial charge >= 0.3 is 0 Å². The zero-order valence-electron chi connectivity index (χ0n) is 12.1. The Kier molecular flexibility index (Phi) is 4.98. The molecule has 2 aromatic rings. The maximum Gasteiger partial charge on any atom is 0.101 e. The zero-order valence-corrected chi connectivity index (χ0v) is 12.9. The minimum Gasteiger partial charge on any atom is -0.386 e. The average Bonchev–Trinajstić information content (AvgIpc) is 3.05. The maximum absolute atomic E-state index is 10.2. The quantitative estimate of drug-likeness (QED) is 0.917. The summed E-state index contributed by atoms with van der Waals surface area (Å²) >= 11 is 1.63. The molecule has 1 aliphatic rings. The smallest absolute Gasteiger partial charge is 0.101 e. The van der Waals surface area contributed by atoms with Crippen LogP contribution in [0.5, 0.6) is 0 Å². The molecule has 1 saturated heterocycles. The van der Waals surface area contributed by atoms with Gasteiger partial charge in [-0.2, -0.15) is 0 Å². The zero-order chi connectivity index (χ0) is 14.5. The molecule has 0 amide bonds. The molecule has 3 rings (SSSR count). The Hall–Kier alpha value is -1.27. The number of aliphatic hydroxyl groups excluding tert-OH is 1. The van der Waals surface area contributed by atoms with E-state index in [1.165, 1.54) is 5.56 Å². The van der Waals surface area contributed by atoms with Crippen molar-refractivity contribution in [2.45, 2.75) is 12.6 Å². The molecule has 4 nitrogen and oxygen atoms in total. The highest BCUT2D eigenvalue weighted by Gasteiger charge is 2.20. The first-order valence-electron chi connectivity index (χ1n) is 7.36. The monoisotopic (exact) mass is 303 g/mol. The fourth-order valence-electron chi connectivity index (χ4n) is 2.70. The lowest BCUT2D eigenvalue weighted by Gasteiger charge is -2.35. The summed E-state index contributed by atoms with van der Waals surface area (Å²) in [5.41, 5.74) is 1.27. The molecule has 21 heavy (non-hydrogen) atoms. The second-order valence-corrected chi connectivity index (χ2v) is 6.45. The summed E-state index contributed by atoms with van der Waals surface area (Å²) in [6, 6.07) is 8.12. The van der Waals surface area contributed by atoms with Gasteiger partial charge in [-0.3, -0.25) is 14.8 Å². The lowest BCUT2D eigenvalue weighted by atomic mass is 10.2. The fourth-order valence-corrected chi connectivity index (χ4v) is 3.40. The summed E-state index contributed by atoms with van der Waals surface area (Å²) in [6.07, 6.45) is 3.40. The first-order valence-corrected chi connectivity index (χ1v) is 8.24. The minimum absolute atomic E-state index is 0.352. The third-order valence-corrected chi connectivity index (χ3v) is 4.87. The topological polar surface area (TPSA) is 39.6 Å². The molecule has 0 spiro atoms. The van der Waals surface area contributed by atoms with Gasteiger partial charge in [0.2, 0.25) is 0 Å². The van der Waals surface area contributed by atoms with Crippen LogP contribution in [0.3, 0.4) is 0 Å². The normalized spacial score (nSPS) is 18.7. The lowest BCUT2D eigenvalue weighted by Crippen LogP contribution is -2.47. The van der Waals surface area contributed by atoms with Crippen molar-refractivity contribution in [2.75, 3.05) is 32.7 Å². The van der Waals surface area contributed by atoms with Gasteiger partial charge in [0.15, 0.2) is 0 Å². The molecule has 0 aliphatic carbocycles. The summed E-state index contributed by atoms with van der Waals surface area (Å²) < 4.78 is 0. The van der Waals surface area contributed by atoms with Crippen LogP contribution in [-0.4, -0.2) is 52.6 Å². The summed E-state index contributed by atoms with van der Waals surface area (Å²) in [7, 11) is 0. The van der Waals surface area contributed by atoms with Crippen LogP contribution in [0.1, 0.15) is 16.5 Å². The molecule has 1 atom stereocenters. The van der Waals surface area contributed by atoms with Gasteiger partial charge in [-0.25, -0.2) is 0 Å². The number of hydrogen-bond acceptors (Lipinski definition) is 5. The van der Waals surface area contributed by atoms with Crippen molar-refractivity contribution in [3.05, 3.63) is 52.5 Å². The van der Waals surface area contributed by atoms with E-state index in [-0.39, 0.29) is 6.10 Å². The molecule has 1 fully saturated rings. The summed E-state index contributed by atoms with van der Waals surface area (Å²) in [4.78, 5) is 10.0. The van der Waals surface area contributed by atoms with Gasteiger partial charge in [0.25, 0.3) is 0 Å². The van der Waals surface area contributed by atoms with Crippen LogP contribution in [0.15, 0.2) is 42.0 Å². The van der Waals surface area contributed by atoms with Crippen molar-refractivity contribution in [1.29, 1.82) is 0 Å². The Morgan fingerprint density at radius 1 is 1.14 bits per heavy atom. The maximum atomic E-state index is 10.2. The van der Waals surface area contributed by atoms with E-state index in [0.717, 1.165) is 44.1 Å². The number of aliphatic hydroxyl groups is 1. The number of nitrogens with zero attached hydrogens (tertiary/aromatic N) is 3. The van der Waals surface area contributed by atoms with Gasteiger partial charge < -0.3 is 5.11 Å². The van der Waals surface area contributed by atoms with E-state index in [2.05, 4.69) is 20.9 Å². The molecule has 0 saturated carbocycles. The molecule has 5 heteroatoms.